The van der Waals surface area contributed by atoms with Gasteiger partial charge in [-0.2, -0.15) is 4.98 Å². The molecule has 1 aliphatic heterocycles. The average Bonchev–Trinajstić information content (AvgIpc) is 2.62. The second-order valence-corrected chi connectivity index (χ2v) is 3.49. The number of rotatable bonds is 2. The van der Waals surface area contributed by atoms with E-state index in [1.807, 2.05) is 4.90 Å². The third-order valence-corrected chi connectivity index (χ3v) is 2.38. The Balaban J connectivity index is 2.28. The SMILES string of the molecule is Cc1nc(N2CCNCC2)c([N+](=O)[O-])[nH]1. The van der Waals surface area contributed by atoms with E-state index in [0.717, 1.165) is 26.2 Å². The normalized spacial score (nSPS) is 16.7. The van der Waals surface area contributed by atoms with Gasteiger partial charge in [0.25, 0.3) is 0 Å². The van der Waals surface area contributed by atoms with Gasteiger partial charge in [0.2, 0.25) is 5.82 Å². The molecule has 0 aliphatic carbocycles. The molecule has 0 atom stereocenters. The molecule has 0 spiro atoms. The van der Waals surface area contributed by atoms with Gasteiger partial charge in [0.05, 0.1) is 0 Å². The van der Waals surface area contributed by atoms with Crippen LogP contribution in [-0.4, -0.2) is 41.1 Å². The Labute approximate surface area is 86.6 Å². The molecule has 1 aliphatic rings. The fourth-order valence-electron chi connectivity index (χ4n) is 1.69. The Kier molecular flexibility index (Phi) is 2.55. The number of anilines is 1. The minimum atomic E-state index is -0.419. The minimum Gasteiger partial charge on any atom is -0.358 e. The smallest absolute Gasteiger partial charge is 0.358 e. The van der Waals surface area contributed by atoms with Gasteiger partial charge in [-0.25, -0.2) is 4.98 Å². The van der Waals surface area contributed by atoms with E-state index in [0.29, 0.717) is 11.6 Å². The molecule has 1 aromatic heterocycles. The van der Waals surface area contributed by atoms with E-state index < -0.39 is 4.92 Å². The Hall–Kier alpha value is -1.63. The summed E-state index contributed by atoms with van der Waals surface area (Å²) < 4.78 is 0. The van der Waals surface area contributed by atoms with E-state index >= 15 is 0 Å². The summed E-state index contributed by atoms with van der Waals surface area (Å²) >= 11 is 0. The molecule has 2 N–H and O–H groups in total. The maximum atomic E-state index is 10.8. The van der Waals surface area contributed by atoms with Crippen molar-refractivity contribution in [3.05, 3.63) is 15.9 Å². The Morgan fingerprint density at radius 2 is 2.13 bits per heavy atom. The topological polar surface area (TPSA) is 87.1 Å². The summed E-state index contributed by atoms with van der Waals surface area (Å²) in [5, 5.41) is 14.0. The zero-order valence-corrected chi connectivity index (χ0v) is 8.49. The van der Waals surface area contributed by atoms with Gasteiger partial charge in [0, 0.05) is 33.1 Å². The number of hydrogen-bond donors (Lipinski definition) is 2. The number of aromatic nitrogens is 2. The largest absolute Gasteiger partial charge is 0.365 e. The molecule has 1 saturated heterocycles. The lowest BCUT2D eigenvalue weighted by Crippen LogP contribution is -2.43. The predicted octanol–water partition coefficient (Wildman–Crippen LogP) is 0.0359. The first-order chi connectivity index (χ1) is 7.18. The number of aryl methyl sites for hydroxylation is 1. The van der Waals surface area contributed by atoms with Crippen LogP contribution in [0.5, 0.6) is 0 Å². The number of nitrogens with one attached hydrogen (secondary N) is 2. The fourth-order valence-corrected chi connectivity index (χ4v) is 1.69. The van der Waals surface area contributed by atoms with Gasteiger partial charge in [-0.1, -0.05) is 0 Å². The van der Waals surface area contributed by atoms with Gasteiger partial charge in [0.15, 0.2) is 5.82 Å². The molecule has 15 heavy (non-hydrogen) atoms. The number of nitro groups is 1. The van der Waals surface area contributed by atoms with Crippen LogP contribution in [0.4, 0.5) is 11.6 Å². The Morgan fingerprint density at radius 3 is 2.73 bits per heavy atom. The second-order valence-electron chi connectivity index (χ2n) is 3.49. The summed E-state index contributed by atoms with van der Waals surface area (Å²) in [5.41, 5.74) is 0. The van der Waals surface area contributed by atoms with Gasteiger partial charge < -0.3 is 20.3 Å². The molecule has 0 saturated carbocycles. The van der Waals surface area contributed by atoms with Crippen LogP contribution in [0.15, 0.2) is 0 Å². The van der Waals surface area contributed by atoms with Crippen molar-refractivity contribution >= 4 is 11.6 Å². The zero-order valence-electron chi connectivity index (χ0n) is 8.49. The summed E-state index contributed by atoms with van der Waals surface area (Å²) in [7, 11) is 0. The van der Waals surface area contributed by atoms with Gasteiger partial charge >= 0.3 is 5.82 Å². The van der Waals surface area contributed by atoms with Crippen molar-refractivity contribution in [3.63, 3.8) is 0 Å². The molecule has 0 unspecified atom stereocenters. The number of hydrogen-bond acceptors (Lipinski definition) is 5. The van der Waals surface area contributed by atoms with Crippen molar-refractivity contribution < 1.29 is 4.92 Å². The highest BCUT2D eigenvalue weighted by molar-refractivity contribution is 5.54. The van der Waals surface area contributed by atoms with Crippen LogP contribution in [0.1, 0.15) is 5.82 Å². The van der Waals surface area contributed by atoms with Gasteiger partial charge in [-0.3, -0.25) is 0 Å². The standard InChI is InChI=1S/C8H13N5O2/c1-6-10-7(8(11-6)13(14)15)12-4-2-9-3-5-12/h9H,2-5H2,1H3,(H,10,11). The minimum absolute atomic E-state index is 0.00519. The van der Waals surface area contributed by atoms with Gasteiger partial charge in [-0.15, -0.1) is 0 Å². The molecule has 0 aromatic carbocycles. The van der Waals surface area contributed by atoms with Crippen molar-refractivity contribution in [1.29, 1.82) is 0 Å². The van der Waals surface area contributed by atoms with Crippen LogP contribution in [0.25, 0.3) is 0 Å². The summed E-state index contributed by atoms with van der Waals surface area (Å²) in [4.78, 5) is 19.1. The van der Waals surface area contributed by atoms with E-state index in [4.69, 9.17) is 0 Å². The average molecular weight is 211 g/mol. The highest BCUT2D eigenvalue weighted by atomic mass is 16.6. The summed E-state index contributed by atoms with van der Waals surface area (Å²) in [5.74, 6) is 1.03. The number of nitrogens with zero attached hydrogens (tertiary/aromatic N) is 3. The number of H-pyrrole nitrogens is 1. The monoisotopic (exact) mass is 211 g/mol. The number of piperazine rings is 1. The first kappa shape index (κ1) is 9.91. The molecule has 1 aromatic rings. The Bertz CT molecular complexity index is 369. The van der Waals surface area contributed by atoms with E-state index in [1.165, 1.54) is 0 Å². The predicted molar refractivity (Wildman–Crippen MR) is 55.1 cm³/mol. The van der Waals surface area contributed by atoms with Crippen molar-refractivity contribution in [2.75, 3.05) is 31.1 Å². The molecule has 2 heterocycles. The molecular formula is C8H13N5O2. The van der Waals surface area contributed by atoms with E-state index in [2.05, 4.69) is 15.3 Å². The van der Waals surface area contributed by atoms with Crippen LogP contribution in [-0.2, 0) is 0 Å². The molecular weight excluding hydrogens is 198 g/mol. The van der Waals surface area contributed by atoms with E-state index in [1.54, 1.807) is 6.92 Å². The van der Waals surface area contributed by atoms with Crippen LogP contribution in [0.3, 0.4) is 0 Å². The fraction of sp³-hybridized carbons (Fsp3) is 0.625. The van der Waals surface area contributed by atoms with Crippen LogP contribution in [0.2, 0.25) is 0 Å². The van der Waals surface area contributed by atoms with Crippen molar-refractivity contribution in [2.45, 2.75) is 6.92 Å². The summed E-state index contributed by atoms with van der Waals surface area (Å²) in [6.45, 7) is 4.90. The summed E-state index contributed by atoms with van der Waals surface area (Å²) in [6, 6.07) is 0. The van der Waals surface area contributed by atoms with Crippen LogP contribution in [0, 0.1) is 17.0 Å². The lowest BCUT2D eigenvalue weighted by molar-refractivity contribution is -0.388. The number of imidazole rings is 1. The van der Waals surface area contributed by atoms with Crippen LogP contribution >= 0.6 is 0 Å². The second kappa shape index (κ2) is 3.85. The Morgan fingerprint density at radius 1 is 1.47 bits per heavy atom. The molecule has 82 valence electrons. The zero-order chi connectivity index (χ0) is 10.8. The highest BCUT2D eigenvalue weighted by Gasteiger charge is 2.24. The van der Waals surface area contributed by atoms with Crippen molar-refractivity contribution in [1.82, 2.24) is 15.3 Å². The van der Waals surface area contributed by atoms with Crippen LogP contribution < -0.4 is 10.2 Å². The lowest BCUT2D eigenvalue weighted by atomic mass is 10.3. The molecule has 0 radical (unpaired) electrons. The molecule has 1 fully saturated rings. The van der Waals surface area contributed by atoms with E-state index in [9.17, 15) is 10.1 Å². The maximum Gasteiger partial charge on any atom is 0.365 e. The third-order valence-electron chi connectivity index (χ3n) is 2.38. The maximum absolute atomic E-state index is 10.8. The quantitative estimate of drug-likeness (QED) is 0.532. The van der Waals surface area contributed by atoms with Gasteiger partial charge in [0.1, 0.15) is 0 Å². The van der Waals surface area contributed by atoms with E-state index in [-0.39, 0.29) is 5.82 Å². The lowest BCUT2D eigenvalue weighted by Gasteiger charge is -2.26. The van der Waals surface area contributed by atoms with Crippen molar-refractivity contribution in [3.8, 4) is 0 Å². The van der Waals surface area contributed by atoms with Crippen molar-refractivity contribution in [2.24, 2.45) is 0 Å². The first-order valence-electron chi connectivity index (χ1n) is 4.85. The first-order valence-corrected chi connectivity index (χ1v) is 4.85. The molecule has 0 bridgehead atoms. The molecule has 7 nitrogen and oxygen atoms in total. The highest BCUT2D eigenvalue weighted by Crippen LogP contribution is 2.24. The van der Waals surface area contributed by atoms with Gasteiger partial charge in [-0.05, 0) is 4.92 Å². The number of aromatic amines is 1. The summed E-state index contributed by atoms with van der Waals surface area (Å²) in [6.07, 6.45) is 0. The molecule has 2 rings (SSSR count). The third kappa shape index (κ3) is 1.91. The molecule has 7 heteroatoms. The molecule has 0 amide bonds.